The summed E-state index contributed by atoms with van der Waals surface area (Å²) in [5.41, 5.74) is 5.76. The Balaban J connectivity index is 1.55. The van der Waals surface area contributed by atoms with Crippen molar-refractivity contribution in [1.29, 1.82) is 0 Å². The minimum Gasteiger partial charge on any atom is -0.393 e. The summed E-state index contributed by atoms with van der Waals surface area (Å²) in [4.78, 5) is 24.8. The van der Waals surface area contributed by atoms with E-state index in [-0.39, 0.29) is 11.9 Å². The highest BCUT2D eigenvalue weighted by atomic mass is 16.3. The lowest BCUT2D eigenvalue weighted by molar-refractivity contribution is 0.0792. The van der Waals surface area contributed by atoms with E-state index in [9.17, 15) is 9.90 Å². The van der Waals surface area contributed by atoms with Crippen LogP contribution in [-0.4, -0.2) is 45.0 Å². The first-order valence-electron chi connectivity index (χ1n) is 10.1. The fraction of sp³-hybridized carbons (Fsp3) is 0.292. The van der Waals surface area contributed by atoms with E-state index in [4.69, 9.17) is 0 Å². The molecule has 1 aliphatic carbocycles. The van der Waals surface area contributed by atoms with Crippen LogP contribution in [0.2, 0.25) is 0 Å². The number of aryl methyl sites for hydroxylation is 1. The Kier molecular flexibility index (Phi) is 4.49. The van der Waals surface area contributed by atoms with Gasteiger partial charge in [-0.25, -0.2) is 9.97 Å². The molecule has 1 N–H and O–H groups in total. The van der Waals surface area contributed by atoms with Gasteiger partial charge in [0.25, 0.3) is 0 Å². The minimum absolute atomic E-state index is 0.00139. The molecule has 0 spiro atoms. The molecule has 0 unspecified atom stereocenters. The average molecular weight is 385 g/mol. The number of aliphatic hydroxyl groups is 1. The normalized spacial score (nSPS) is 16.7. The monoisotopic (exact) mass is 385 g/mol. The van der Waals surface area contributed by atoms with Gasteiger partial charge in [0.05, 0.1) is 23.1 Å². The standard InChI is InChI=1S/C24H23N3O2/c1-15-25-22(17-5-3-2-4-6-17)21-23(26-15)20-13-16(7-8-19(20)24(21)29)14-27-11-9-18(28)10-12-27/h2-8,13,18,28H,9-12,14H2,1H3. The van der Waals surface area contributed by atoms with Crippen LogP contribution in [0.25, 0.3) is 22.5 Å². The van der Waals surface area contributed by atoms with Crippen LogP contribution in [-0.2, 0) is 6.54 Å². The second kappa shape index (κ2) is 7.17. The molecular weight excluding hydrogens is 362 g/mol. The molecule has 5 nitrogen and oxygen atoms in total. The predicted molar refractivity (Wildman–Crippen MR) is 112 cm³/mol. The Morgan fingerprint density at radius 3 is 2.48 bits per heavy atom. The highest BCUT2D eigenvalue weighted by molar-refractivity contribution is 6.23. The summed E-state index contributed by atoms with van der Waals surface area (Å²) in [5.74, 6) is 0.667. The predicted octanol–water partition coefficient (Wildman–Crippen LogP) is 3.62. The van der Waals surface area contributed by atoms with Crippen LogP contribution in [0.1, 0.15) is 40.2 Å². The van der Waals surface area contributed by atoms with Crippen LogP contribution >= 0.6 is 0 Å². The molecule has 0 amide bonds. The number of hydrogen-bond acceptors (Lipinski definition) is 5. The molecule has 5 rings (SSSR count). The van der Waals surface area contributed by atoms with Gasteiger partial charge in [-0.2, -0.15) is 0 Å². The quantitative estimate of drug-likeness (QED) is 0.583. The summed E-state index contributed by atoms with van der Waals surface area (Å²) >= 11 is 0. The number of aliphatic hydroxyl groups excluding tert-OH is 1. The Labute approximate surface area is 170 Å². The van der Waals surface area contributed by atoms with E-state index in [1.807, 2.05) is 49.4 Å². The van der Waals surface area contributed by atoms with E-state index < -0.39 is 0 Å². The van der Waals surface area contributed by atoms with Crippen molar-refractivity contribution < 1.29 is 9.90 Å². The summed E-state index contributed by atoms with van der Waals surface area (Å²) in [5, 5.41) is 9.73. The molecule has 0 saturated carbocycles. The highest BCUT2D eigenvalue weighted by Crippen LogP contribution is 2.40. The third kappa shape index (κ3) is 3.26. The molecule has 29 heavy (non-hydrogen) atoms. The topological polar surface area (TPSA) is 66.3 Å². The Morgan fingerprint density at radius 1 is 1.00 bits per heavy atom. The molecule has 1 aromatic heterocycles. The van der Waals surface area contributed by atoms with E-state index in [1.54, 1.807) is 0 Å². The van der Waals surface area contributed by atoms with Gasteiger partial charge in [-0.1, -0.05) is 42.5 Å². The first kappa shape index (κ1) is 18.2. The number of nitrogens with zero attached hydrogens (tertiary/aromatic N) is 3. The largest absolute Gasteiger partial charge is 0.393 e. The zero-order valence-corrected chi connectivity index (χ0v) is 16.4. The van der Waals surface area contributed by atoms with Crippen molar-refractivity contribution in [3.63, 3.8) is 0 Å². The number of likely N-dealkylation sites (tertiary alicyclic amines) is 1. The van der Waals surface area contributed by atoms with Gasteiger partial charge in [-0.05, 0) is 31.4 Å². The van der Waals surface area contributed by atoms with Gasteiger partial charge in [0.2, 0.25) is 0 Å². The van der Waals surface area contributed by atoms with Crippen molar-refractivity contribution >= 4 is 5.78 Å². The van der Waals surface area contributed by atoms with Crippen LogP contribution in [0, 0.1) is 6.92 Å². The molecule has 1 fully saturated rings. The zero-order valence-electron chi connectivity index (χ0n) is 16.4. The van der Waals surface area contributed by atoms with Crippen molar-refractivity contribution in [2.45, 2.75) is 32.4 Å². The number of aromatic nitrogens is 2. The highest BCUT2D eigenvalue weighted by Gasteiger charge is 2.32. The molecule has 0 atom stereocenters. The number of piperidine rings is 1. The molecule has 5 heteroatoms. The SMILES string of the molecule is Cc1nc(-c2ccccc2)c2c(n1)-c1cc(CN3CCC(O)CC3)ccc1C2=O. The van der Waals surface area contributed by atoms with Gasteiger partial charge in [0.15, 0.2) is 5.78 Å². The number of carbonyl (C=O) groups is 1. The number of hydrogen-bond donors (Lipinski definition) is 1. The van der Waals surface area contributed by atoms with Gasteiger partial charge in [-0.15, -0.1) is 0 Å². The number of rotatable bonds is 3. The van der Waals surface area contributed by atoms with Crippen LogP contribution < -0.4 is 0 Å². The van der Waals surface area contributed by atoms with Gasteiger partial charge < -0.3 is 5.11 Å². The lowest BCUT2D eigenvalue weighted by atomic mass is 10.0. The summed E-state index contributed by atoms with van der Waals surface area (Å²) in [7, 11) is 0. The van der Waals surface area contributed by atoms with Crippen LogP contribution in [0.4, 0.5) is 0 Å². The van der Waals surface area contributed by atoms with Gasteiger partial charge >= 0.3 is 0 Å². The van der Waals surface area contributed by atoms with Gasteiger partial charge in [-0.3, -0.25) is 9.69 Å². The van der Waals surface area contributed by atoms with Gasteiger partial charge in [0.1, 0.15) is 5.82 Å². The van der Waals surface area contributed by atoms with E-state index in [0.29, 0.717) is 22.6 Å². The van der Waals surface area contributed by atoms with E-state index >= 15 is 0 Å². The number of benzene rings is 2. The number of ketones is 1. The van der Waals surface area contributed by atoms with E-state index in [2.05, 4.69) is 20.9 Å². The first-order valence-corrected chi connectivity index (χ1v) is 10.1. The first-order chi connectivity index (χ1) is 14.1. The second-order valence-corrected chi connectivity index (χ2v) is 7.93. The molecule has 0 bridgehead atoms. The molecule has 2 aliphatic rings. The van der Waals surface area contributed by atoms with Crippen LogP contribution in [0.15, 0.2) is 48.5 Å². The maximum absolute atomic E-state index is 13.2. The number of carbonyl (C=O) groups excluding carboxylic acids is 1. The zero-order chi connectivity index (χ0) is 20.0. The molecule has 1 saturated heterocycles. The minimum atomic E-state index is -0.174. The van der Waals surface area contributed by atoms with E-state index in [0.717, 1.165) is 49.3 Å². The summed E-state index contributed by atoms with van der Waals surface area (Å²) < 4.78 is 0. The summed E-state index contributed by atoms with van der Waals surface area (Å²) in [6.45, 7) is 4.48. The Bertz CT molecular complexity index is 1090. The summed E-state index contributed by atoms with van der Waals surface area (Å²) in [6, 6.07) is 15.9. The van der Waals surface area contributed by atoms with Gasteiger partial charge in [0, 0.05) is 36.3 Å². The molecule has 2 aromatic carbocycles. The lowest BCUT2D eigenvalue weighted by Crippen LogP contribution is -2.35. The smallest absolute Gasteiger partial charge is 0.198 e. The molecule has 2 heterocycles. The Morgan fingerprint density at radius 2 is 1.72 bits per heavy atom. The maximum atomic E-state index is 13.2. The average Bonchev–Trinajstić information content (AvgIpc) is 3.01. The van der Waals surface area contributed by atoms with Crippen molar-refractivity contribution in [2.75, 3.05) is 13.1 Å². The fourth-order valence-corrected chi connectivity index (χ4v) is 4.34. The summed E-state index contributed by atoms with van der Waals surface area (Å²) in [6.07, 6.45) is 1.46. The second-order valence-electron chi connectivity index (χ2n) is 7.93. The molecule has 146 valence electrons. The molecular formula is C24H23N3O2. The van der Waals surface area contributed by atoms with Crippen molar-refractivity contribution in [3.8, 4) is 22.5 Å². The maximum Gasteiger partial charge on any atom is 0.198 e. The molecule has 3 aromatic rings. The molecule has 1 aliphatic heterocycles. The lowest BCUT2D eigenvalue weighted by Gasteiger charge is -2.29. The van der Waals surface area contributed by atoms with Crippen molar-refractivity contribution in [1.82, 2.24) is 14.9 Å². The van der Waals surface area contributed by atoms with E-state index in [1.165, 1.54) is 5.56 Å². The fourth-order valence-electron chi connectivity index (χ4n) is 4.34. The van der Waals surface area contributed by atoms with Crippen LogP contribution in [0.5, 0.6) is 0 Å². The van der Waals surface area contributed by atoms with Crippen molar-refractivity contribution in [3.05, 3.63) is 71.0 Å². The Hall–Kier alpha value is -2.89. The number of fused-ring (bicyclic) bond motifs is 3. The molecule has 0 radical (unpaired) electrons. The third-order valence-electron chi connectivity index (χ3n) is 5.84. The third-order valence-corrected chi connectivity index (χ3v) is 5.84. The van der Waals surface area contributed by atoms with Crippen molar-refractivity contribution in [2.24, 2.45) is 0 Å². The van der Waals surface area contributed by atoms with Crippen LogP contribution in [0.3, 0.4) is 0 Å².